The molecule has 132 valence electrons. The number of amides is 2. The zero-order valence-corrected chi connectivity index (χ0v) is 14.9. The van der Waals surface area contributed by atoms with E-state index in [0.29, 0.717) is 6.42 Å². The molecular weight excluding hydrogens is 338 g/mol. The maximum Gasteiger partial charge on any atom is 0.238 e. The monoisotopic (exact) mass is 359 g/mol. The van der Waals surface area contributed by atoms with E-state index in [9.17, 15) is 9.59 Å². The van der Waals surface area contributed by atoms with Crippen LogP contribution < -0.4 is 15.5 Å². The summed E-state index contributed by atoms with van der Waals surface area (Å²) in [4.78, 5) is 26.0. The molecule has 0 aliphatic carbocycles. The summed E-state index contributed by atoms with van der Waals surface area (Å²) >= 11 is 0. The number of likely N-dealkylation sites (N-methyl/N-ethyl adjacent to an activating group) is 1. The lowest BCUT2D eigenvalue weighted by Gasteiger charge is -2.17. The molecular formula is C19H22ClN3O2. The molecule has 3 rings (SSSR count). The van der Waals surface area contributed by atoms with Crippen LogP contribution in [-0.4, -0.2) is 32.0 Å². The number of benzene rings is 2. The van der Waals surface area contributed by atoms with Gasteiger partial charge in [-0.05, 0) is 42.8 Å². The van der Waals surface area contributed by atoms with Crippen molar-refractivity contribution >= 4 is 35.6 Å². The smallest absolute Gasteiger partial charge is 0.238 e. The summed E-state index contributed by atoms with van der Waals surface area (Å²) in [6.45, 7) is 1.02. The van der Waals surface area contributed by atoms with Crippen LogP contribution in [0.15, 0.2) is 48.5 Å². The van der Waals surface area contributed by atoms with Gasteiger partial charge in [-0.1, -0.05) is 30.3 Å². The van der Waals surface area contributed by atoms with Crippen molar-refractivity contribution in [3.63, 3.8) is 0 Å². The van der Waals surface area contributed by atoms with E-state index in [1.807, 2.05) is 47.4 Å². The van der Waals surface area contributed by atoms with E-state index >= 15 is 0 Å². The third kappa shape index (κ3) is 4.59. The van der Waals surface area contributed by atoms with Crippen LogP contribution >= 0.6 is 12.4 Å². The third-order valence-electron chi connectivity index (χ3n) is 4.12. The molecule has 0 radical (unpaired) electrons. The highest BCUT2D eigenvalue weighted by molar-refractivity contribution is 5.97. The van der Waals surface area contributed by atoms with Crippen molar-refractivity contribution < 1.29 is 9.59 Å². The van der Waals surface area contributed by atoms with Gasteiger partial charge >= 0.3 is 0 Å². The minimum Gasteiger partial charge on any atom is -0.325 e. The van der Waals surface area contributed by atoms with E-state index in [1.165, 1.54) is 5.56 Å². The summed E-state index contributed by atoms with van der Waals surface area (Å²) < 4.78 is 0. The Kier molecular flexibility index (Phi) is 6.56. The summed E-state index contributed by atoms with van der Waals surface area (Å²) in [5.74, 6) is 0.0157. The van der Waals surface area contributed by atoms with Crippen LogP contribution in [0, 0.1) is 0 Å². The van der Waals surface area contributed by atoms with Gasteiger partial charge in [0.05, 0.1) is 13.0 Å². The highest BCUT2D eigenvalue weighted by Crippen LogP contribution is 2.28. The first-order valence-electron chi connectivity index (χ1n) is 8.09. The van der Waals surface area contributed by atoms with Crippen LogP contribution in [0.25, 0.3) is 0 Å². The van der Waals surface area contributed by atoms with Gasteiger partial charge in [0.25, 0.3) is 0 Å². The van der Waals surface area contributed by atoms with Crippen molar-refractivity contribution in [2.75, 3.05) is 30.4 Å². The van der Waals surface area contributed by atoms with Crippen molar-refractivity contribution in [1.29, 1.82) is 0 Å². The van der Waals surface area contributed by atoms with E-state index in [1.54, 1.807) is 7.05 Å². The summed E-state index contributed by atoms with van der Waals surface area (Å²) in [6, 6.07) is 15.5. The van der Waals surface area contributed by atoms with Gasteiger partial charge in [-0.3, -0.25) is 9.59 Å². The molecule has 0 atom stereocenters. The standard InChI is InChI=1S/C19H21N3O2.ClH/c1-20-13-18(23)21-16-8-6-14(7-9-16)12-19(24)22-11-10-15-4-2-3-5-17(15)22;/h2-9,20H,10-13H2,1H3,(H,21,23);1H. The van der Waals surface area contributed by atoms with E-state index in [4.69, 9.17) is 0 Å². The SMILES string of the molecule is CNCC(=O)Nc1ccc(CC(=O)N2CCc3ccccc32)cc1.Cl. The predicted octanol–water partition coefficient (Wildman–Crippen LogP) is 2.40. The molecule has 2 amide bonds. The van der Waals surface area contributed by atoms with E-state index in [0.717, 1.165) is 29.9 Å². The number of hydrogen-bond acceptors (Lipinski definition) is 3. The van der Waals surface area contributed by atoms with Gasteiger partial charge in [0.15, 0.2) is 0 Å². The molecule has 5 nitrogen and oxygen atoms in total. The minimum absolute atomic E-state index is 0. The van der Waals surface area contributed by atoms with Gasteiger partial charge in [-0.15, -0.1) is 12.4 Å². The molecule has 2 N–H and O–H groups in total. The highest BCUT2D eigenvalue weighted by atomic mass is 35.5. The fraction of sp³-hybridized carbons (Fsp3) is 0.263. The molecule has 25 heavy (non-hydrogen) atoms. The molecule has 0 fully saturated rings. The topological polar surface area (TPSA) is 61.4 Å². The summed E-state index contributed by atoms with van der Waals surface area (Å²) in [5, 5.41) is 5.60. The maximum atomic E-state index is 12.6. The largest absolute Gasteiger partial charge is 0.325 e. The van der Waals surface area contributed by atoms with E-state index < -0.39 is 0 Å². The molecule has 0 bridgehead atoms. The number of para-hydroxylation sites is 1. The first kappa shape index (κ1) is 19.0. The van der Waals surface area contributed by atoms with Gasteiger partial charge in [0, 0.05) is 17.9 Å². The van der Waals surface area contributed by atoms with E-state index in [-0.39, 0.29) is 30.8 Å². The first-order chi connectivity index (χ1) is 11.7. The lowest BCUT2D eigenvalue weighted by Crippen LogP contribution is -2.30. The molecule has 2 aromatic rings. The quantitative estimate of drug-likeness (QED) is 0.861. The molecule has 1 heterocycles. The Morgan fingerprint density at radius 2 is 1.80 bits per heavy atom. The van der Waals surface area contributed by atoms with Crippen LogP contribution in [0.1, 0.15) is 11.1 Å². The molecule has 0 aromatic heterocycles. The zero-order chi connectivity index (χ0) is 16.9. The van der Waals surface area contributed by atoms with Crippen LogP contribution in [-0.2, 0) is 22.4 Å². The Morgan fingerprint density at radius 3 is 2.52 bits per heavy atom. The Labute approximate surface area is 153 Å². The Balaban J connectivity index is 0.00000225. The summed E-state index contributed by atoms with van der Waals surface area (Å²) in [5.41, 5.74) is 3.93. The van der Waals surface area contributed by atoms with Crippen LogP contribution in [0.4, 0.5) is 11.4 Å². The van der Waals surface area contributed by atoms with Crippen LogP contribution in [0.3, 0.4) is 0 Å². The molecule has 1 aliphatic heterocycles. The number of rotatable bonds is 5. The molecule has 1 aliphatic rings. The molecule has 0 saturated carbocycles. The Hall–Kier alpha value is -2.37. The molecule has 2 aromatic carbocycles. The van der Waals surface area contributed by atoms with Crippen molar-refractivity contribution in [1.82, 2.24) is 5.32 Å². The second kappa shape index (κ2) is 8.65. The number of anilines is 2. The molecule has 0 saturated heterocycles. The number of nitrogens with one attached hydrogen (secondary N) is 2. The fourth-order valence-corrected chi connectivity index (χ4v) is 2.94. The van der Waals surface area contributed by atoms with Gasteiger partial charge in [-0.2, -0.15) is 0 Å². The van der Waals surface area contributed by atoms with Gasteiger partial charge in [0.2, 0.25) is 11.8 Å². The fourth-order valence-electron chi connectivity index (χ4n) is 2.94. The van der Waals surface area contributed by atoms with Crippen molar-refractivity contribution in [2.24, 2.45) is 0 Å². The number of carbonyl (C=O) groups is 2. The van der Waals surface area contributed by atoms with Crippen LogP contribution in [0.5, 0.6) is 0 Å². The second-order valence-corrected chi connectivity index (χ2v) is 5.88. The van der Waals surface area contributed by atoms with Crippen molar-refractivity contribution in [3.8, 4) is 0 Å². The number of carbonyl (C=O) groups excluding carboxylic acids is 2. The number of hydrogen-bond donors (Lipinski definition) is 2. The number of halogens is 1. The lowest BCUT2D eigenvalue weighted by atomic mass is 10.1. The second-order valence-electron chi connectivity index (χ2n) is 5.88. The van der Waals surface area contributed by atoms with E-state index in [2.05, 4.69) is 16.7 Å². The minimum atomic E-state index is -0.0880. The zero-order valence-electron chi connectivity index (χ0n) is 14.1. The highest BCUT2D eigenvalue weighted by Gasteiger charge is 2.23. The Bertz CT molecular complexity index is 747. The molecule has 6 heteroatoms. The normalized spacial score (nSPS) is 12.3. The Morgan fingerprint density at radius 1 is 1.08 bits per heavy atom. The lowest BCUT2D eigenvalue weighted by molar-refractivity contribution is -0.118. The van der Waals surface area contributed by atoms with Gasteiger partial charge in [-0.25, -0.2) is 0 Å². The molecule has 0 spiro atoms. The predicted molar refractivity (Wildman–Crippen MR) is 102 cm³/mol. The van der Waals surface area contributed by atoms with Crippen molar-refractivity contribution in [3.05, 3.63) is 59.7 Å². The van der Waals surface area contributed by atoms with Crippen LogP contribution in [0.2, 0.25) is 0 Å². The molecule has 0 unspecified atom stereocenters. The summed E-state index contributed by atoms with van der Waals surface area (Å²) in [6.07, 6.45) is 1.28. The summed E-state index contributed by atoms with van der Waals surface area (Å²) in [7, 11) is 1.73. The average Bonchev–Trinajstić information content (AvgIpc) is 3.01. The van der Waals surface area contributed by atoms with Gasteiger partial charge in [0.1, 0.15) is 0 Å². The van der Waals surface area contributed by atoms with Gasteiger partial charge < -0.3 is 15.5 Å². The average molecular weight is 360 g/mol. The van der Waals surface area contributed by atoms with Crippen molar-refractivity contribution in [2.45, 2.75) is 12.8 Å². The maximum absolute atomic E-state index is 12.6. The third-order valence-corrected chi connectivity index (χ3v) is 4.12. The number of nitrogens with zero attached hydrogens (tertiary/aromatic N) is 1. The first-order valence-corrected chi connectivity index (χ1v) is 8.09. The number of fused-ring (bicyclic) bond motifs is 1.